The first kappa shape index (κ1) is 19.0. The first-order valence-corrected chi connectivity index (χ1v) is 8.76. The number of nitriles is 1. The Labute approximate surface area is 150 Å². The molecule has 1 amide bonds. The standard InChI is InChI=1S/C17H16N4O4S/c1-11-2-7-15(19)16(8-11)20-10-12(9-18)17(22)21-13-3-5-14(6-4-13)26(23,24)25/h2-8,10,20H,19H2,1H3,(H,21,22)(H,23,24,25)/b12-10-. The topological polar surface area (TPSA) is 145 Å². The molecular formula is C17H16N4O4S. The average molecular weight is 372 g/mol. The van der Waals surface area contributed by atoms with Gasteiger partial charge in [-0.3, -0.25) is 9.35 Å². The van der Waals surface area contributed by atoms with Gasteiger partial charge in [0.05, 0.1) is 16.3 Å². The van der Waals surface area contributed by atoms with Crippen LogP contribution in [0.2, 0.25) is 0 Å². The number of nitrogen functional groups attached to an aromatic ring is 1. The zero-order chi connectivity index (χ0) is 19.3. The summed E-state index contributed by atoms with van der Waals surface area (Å²) < 4.78 is 30.9. The summed E-state index contributed by atoms with van der Waals surface area (Å²) in [5.74, 6) is -0.689. The fourth-order valence-electron chi connectivity index (χ4n) is 2.00. The molecule has 134 valence electrons. The number of hydrogen-bond donors (Lipinski definition) is 4. The van der Waals surface area contributed by atoms with Crippen LogP contribution in [0, 0.1) is 18.3 Å². The van der Waals surface area contributed by atoms with Crippen LogP contribution in [0.25, 0.3) is 0 Å². The number of carbonyl (C=O) groups excluding carboxylic acids is 1. The van der Waals surface area contributed by atoms with Crippen LogP contribution in [0.3, 0.4) is 0 Å². The third-order valence-electron chi connectivity index (χ3n) is 3.36. The van der Waals surface area contributed by atoms with Crippen LogP contribution in [0.15, 0.2) is 59.1 Å². The fourth-order valence-corrected chi connectivity index (χ4v) is 2.48. The number of carbonyl (C=O) groups is 1. The number of rotatable bonds is 5. The Hall–Kier alpha value is -3.35. The van der Waals surface area contributed by atoms with Crippen molar-refractivity contribution in [3.8, 4) is 6.07 Å². The first-order valence-electron chi connectivity index (χ1n) is 7.32. The van der Waals surface area contributed by atoms with Gasteiger partial charge in [0, 0.05) is 11.9 Å². The lowest BCUT2D eigenvalue weighted by molar-refractivity contribution is -0.112. The minimum absolute atomic E-state index is 0.204. The van der Waals surface area contributed by atoms with Crippen molar-refractivity contribution < 1.29 is 17.8 Å². The Balaban J connectivity index is 2.13. The molecular weight excluding hydrogens is 356 g/mol. The minimum atomic E-state index is -4.31. The van der Waals surface area contributed by atoms with E-state index in [4.69, 9.17) is 15.5 Å². The second kappa shape index (κ2) is 7.69. The number of benzene rings is 2. The SMILES string of the molecule is Cc1ccc(N)c(N/C=C(/C#N)C(=O)Nc2ccc(S(=O)(=O)O)cc2)c1. The van der Waals surface area contributed by atoms with Crippen LogP contribution in [0.1, 0.15) is 5.56 Å². The second-order valence-electron chi connectivity index (χ2n) is 5.36. The highest BCUT2D eigenvalue weighted by atomic mass is 32.2. The molecule has 0 saturated heterocycles. The van der Waals surface area contributed by atoms with Gasteiger partial charge in [-0.15, -0.1) is 0 Å². The summed E-state index contributed by atoms with van der Waals surface area (Å²) >= 11 is 0. The molecule has 0 radical (unpaired) electrons. The predicted octanol–water partition coefficient (Wildman–Crippen LogP) is 2.28. The Morgan fingerprint density at radius 2 is 1.88 bits per heavy atom. The highest BCUT2D eigenvalue weighted by molar-refractivity contribution is 7.85. The zero-order valence-corrected chi connectivity index (χ0v) is 14.5. The van der Waals surface area contributed by atoms with Crippen molar-refractivity contribution in [2.24, 2.45) is 0 Å². The lowest BCUT2D eigenvalue weighted by Gasteiger charge is -2.08. The summed E-state index contributed by atoms with van der Waals surface area (Å²) in [5.41, 5.74) is 7.86. The Kier molecular flexibility index (Phi) is 5.61. The lowest BCUT2D eigenvalue weighted by atomic mass is 10.2. The molecule has 0 aliphatic carbocycles. The summed E-state index contributed by atoms with van der Waals surface area (Å²) in [6, 6.07) is 11.9. The molecule has 0 aliphatic rings. The zero-order valence-electron chi connectivity index (χ0n) is 13.7. The van der Waals surface area contributed by atoms with Crippen molar-refractivity contribution in [3.05, 3.63) is 59.8 Å². The molecule has 8 nitrogen and oxygen atoms in total. The molecule has 0 fully saturated rings. The molecule has 26 heavy (non-hydrogen) atoms. The number of amides is 1. The molecule has 2 aromatic rings. The first-order chi connectivity index (χ1) is 12.2. The Morgan fingerprint density at radius 3 is 2.46 bits per heavy atom. The van der Waals surface area contributed by atoms with E-state index < -0.39 is 16.0 Å². The van der Waals surface area contributed by atoms with Crippen molar-refractivity contribution in [1.82, 2.24) is 0 Å². The maximum atomic E-state index is 12.2. The molecule has 0 unspecified atom stereocenters. The Bertz CT molecular complexity index is 1010. The van der Waals surface area contributed by atoms with Crippen molar-refractivity contribution in [3.63, 3.8) is 0 Å². The molecule has 2 aromatic carbocycles. The second-order valence-corrected chi connectivity index (χ2v) is 6.78. The van der Waals surface area contributed by atoms with Crippen LogP contribution in [0.5, 0.6) is 0 Å². The third kappa shape index (κ3) is 4.83. The Morgan fingerprint density at radius 1 is 1.23 bits per heavy atom. The van der Waals surface area contributed by atoms with E-state index in [0.717, 1.165) is 17.7 Å². The van der Waals surface area contributed by atoms with Gasteiger partial charge < -0.3 is 16.4 Å². The van der Waals surface area contributed by atoms with Crippen LogP contribution in [-0.2, 0) is 14.9 Å². The van der Waals surface area contributed by atoms with Gasteiger partial charge in [0.1, 0.15) is 11.6 Å². The van der Waals surface area contributed by atoms with E-state index in [1.165, 1.54) is 18.3 Å². The fraction of sp³-hybridized carbons (Fsp3) is 0.0588. The number of nitrogens with one attached hydrogen (secondary N) is 2. The molecule has 0 bridgehead atoms. The van der Waals surface area contributed by atoms with Crippen molar-refractivity contribution in [2.45, 2.75) is 11.8 Å². The highest BCUT2D eigenvalue weighted by Crippen LogP contribution is 2.20. The van der Waals surface area contributed by atoms with Crippen molar-refractivity contribution >= 4 is 33.1 Å². The average Bonchev–Trinajstić information content (AvgIpc) is 2.58. The summed E-state index contributed by atoms with van der Waals surface area (Å²) in [5, 5.41) is 14.4. The molecule has 0 aromatic heterocycles. The number of anilines is 3. The number of hydrogen-bond acceptors (Lipinski definition) is 6. The number of aryl methyl sites for hydroxylation is 1. The summed E-state index contributed by atoms with van der Waals surface area (Å²) in [6.07, 6.45) is 1.23. The van der Waals surface area contributed by atoms with E-state index >= 15 is 0 Å². The summed E-state index contributed by atoms with van der Waals surface area (Å²) in [4.78, 5) is 11.9. The highest BCUT2D eigenvalue weighted by Gasteiger charge is 2.12. The van der Waals surface area contributed by atoms with E-state index in [1.54, 1.807) is 18.2 Å². The van der Waals surface area contributed by atoms with Crippen molar-refractivity contribution in [1.29, 1.82) is 5.26 Å². The quantitative estimate of drug-likeness (QED) is 0.272. The van der Waals surface area contributed by atoms with Gasteiger partial charge in [0.25, 0.3) is 16.0 Å². The van der Waals surface area contributed by atoms with Crippen LogP contribution in [0.4, 0.5) is 17.1 Å². The van der Waals surface area contributed by atoms with E-state index in [1.807, 2.05) is 13.0 Å². The maximum absolute atomic E-state index is 12.2. The maximum Gasteiger partial charge on any atom is 0.294 e. The predicted molar refractivity (Wildman–Crippen MR) is 97.8 cm³/mol. The van der Waals surface area contributed by atoms with Crippen molar-refractivity contribution in [2.75, 3.05) is 16.4 Å². The normalized spacial score (nSPS) is 11.5. The molecule has 5 N–H and O–H groups in total. The minimum Gasteiger partial charge on any atom is -0.397 e. The number of nitrogens with two attached hydrogens (primary N) is 1. The monoisotopic (exact) mass is 372 g/mol. The van der Waals surface area contributed by atoms with Gasteiger partial charge >= 0.3 is 0 Å². The van der Waals surface area contributed by atoms with Gasteiger partial charge in [-0.05, 0) is 48.9 Å². The molecule has 0 aliphatic heterocycles. The summed E-state index contributed by atoms with van der Waals surface area (Å²) in [7, 11) is -4.31. The smallest absolute Gasteiger partial charge is 0.294 e. The van der Waals surface area contributed by atoms with Crippen LogP contribution >= 0.6 is 0 Å². The van der Waals surface area contributed by atoms with Crippen LogP contribution < -0.4 is 16.4 Å². The largest absolute Gasteiger partial charge is 0.397 e. The molecule has 9 heteroatoms. The van der Waals surface area contributed by atoms with E-state index in [9.17, 15) is 13.2 Å². The van der Waals surface area contributed by atoms with Gasteiger partial charge in [-0.1, -0.05) is 6.07 Å². The summed E-state index contributed by atoms with van der Waals surface area (Å²) in [6.45, 7) is 1.88. The lowest BCUT2D eigenvalue weighted by Crippen LogP contribution is -2.14. The van der Waals surface area contributed by atoms with Gasteiger partial charge in [-0.25, -0.2) is 0 Å². The van der Waals surface area contributed by atoms with Gasteiger partial charge in [-0.2, -0.15) is 13.7 Å². The van der Waals surface area contributed by atoms with Gasteiger partial charge in [0.2, 0.25) is 0 Å². The molecule has 2 rings (SSSR count). The molecule has 0 heterocycles. The number of nitrogens with zero attached hydrogens (tertiary/aromatic N) is 1. The molecule has 0 spiro atoms. The van der Waals surface area contributed by atoms with E-state index in [-0.39, 0.29) is 16.2 Å². The van der Waals surface area contributed by atoms with E-state index in [2.05, 4.69) is 10.6 Å². The van der Waals surface area contributed by atoms with Gasteiger partial charge in [0.15, 0.2) is 0 Å². The van der Waals surface area contributed by atoms with Crippen LogP contribution in [-0.4, -0.2) is 18.9 Å². The van der Waals surface area contributed by atoms with E-state index in [0.29, 0.717) is 11.4 Å². The molecule has 0 saturated carbocycles. The third-order valence-corrected chi connectivity index (χ3v) is 4.22. The molecule has 0 atom stereocenters.